The first-order valence-electron chi connectivity index (χ1n) is 20.0. The smallest absolute Gasteiger partial charge is 0.274 e. The minimum atomic E-state index is -0.906. The van der Waals surface area contributed by atoms with E-state index in [4.69, 9.17) is 45.9 Å². The number of hydrogen-bond acceptors (Lipinski definition) is 16. The molecule has 56 heavy (non-hydrogen) atoms. The van der Waals surface area contributed by atoms with Crippen LogP contribution in [0.5, 0.6) is 0 Å². The third-order valence-electron chi connectivity index (χ3n) is 9.37. The van der Waals surface area contributed by atoms with Crippen LogP contribution < -0.4 is 61.8 Å². The largest absolute Gasteiger partial charge is 0.382 e. The van der Waals surface area contributed by atoms with E-state index in [2.05, 4.69) is 25.9 Å². The summed E-state index contributed by atoms with van der Waals surface area (Å²) in [6.07, 6.45) is 7.93. The molecule has 0 fully saturated rings. The van der Waals surface area contributed by atoms with E-state index in [1.807, 2.05) is 0 Å². The highest BCUT2D eigenvalue weighted by Gasteiger charge is 2.28. The highest BCUT2D eigenvalue weighted by Crippen LogP contribution is 2.21. The molecule has 0 saturated heterocycles. The molecule has 4 atom stereocenters. The van der Waals surface area contributed by atoms with E-state index in [0.717, 1.165) is 25.7 Å². The summed E-state index contributed by atoms with van der Waals surface area (Å²) in [7, 11) is 0. The molecule has 0 bridgehead atoms. The van der Waals surface area contributed by atoms with Gasteiger partial charge in [-0.1, -0.05) is 19.3 Å². The summed E-state index contributed by atoms with van der Waals surface area (Å²) in [5.74, 6) is -3.94. The topological polar surface area (TPSA) is 372 Å². The monoisotopic (exact) mass is 792 g/mol. The van der Waals surface area contributed by atoms with Crippen molar-refractivity contribution in [2.75, 3.05) is 50.7 Å². The summed E-state index contributed by atoms with van der Waals surface area (Å²) < 4.78 is 0. The average Bonchev–Trinajstić information content (AvgIpc) is 3.17. The lowest BCUT2D eigenvalue weighted by atomic mass is 9.93. The van der Waals surface area contributed by atoms with Gasteiger partial charge in [-0.25, -0.2) is 9.97 Å². The molecule has 1 aromatic rings. The average molecular weight is 792 g/mol. The molecule has 19 heteroatoms. The molecule has 0 spiro atoms. The Morgan fingerprint density at radius 2 is 1.00 bits per heavy atom. The number of carbonyl (C=O) groups excluding carboxylic acids is 6. The van der Waals surface area contributed by atoms with E-state index in [0.29, 0.717) is 90.4 Å². The van der Waals surface area contributed by atoms with Crippen molar-refractivity contribution in [2.24, 2.45) is 40.3 Å². The van der Waals surface area contributed by atoms with E-state index in [9.17, 15) is 28.8 Å². The van der Waals surface area contributed by atoms with Crippen LogP contribution in [0.2, 0.25) is 0 Å². The lowest BCUT2D eigenvalue weighted by Gasteiger charge is -2.19. The Labute approximate surface area is 330 Å². The van der Waals surface area contributed by atoms with Gasteiger partial charge in [0.05, 0.1) is 18.1 Å². The number of unbranched alkanes of at least 4 members (excludes halogenated alkanes) is 4. The number of nitrogens with two attached hydrogens (primary N) is 8. The van der Waals surface area contributed by atoms with Gasteiger partial charge in [0.25, 0.3) is 5.91 Å². The van der Waals surface area contributed by atoms with Gasteiger partial charge in [-0.2, -0.15) is 0 Å². The molecule has 318 valence electrons. The summed E-state index contributed by atoms with van der Waals surface area (Å²) in [6, 6.07) is -2.14. The van der Waals surface area contributed by atoms with Gasteiger partial charge in [0, 0.05) is 38.3 Å². The van der Waals surface area contributed by atoms with Crippen molar-refractivity contribution in [3.8, 4) is 0 Å². The van der Waals surface area contributed by atoms with Gasteiger partial charge in [-0.15, -0.1) is 0 Å². The Morgan fingerprint density at radius 1 is 0.536 bits per heavy atom. The quantitative estimate of drug-likeness (QED) is 0.0301. The molecule has 0 aliphatic rings. The van der Waals surface area contributed by atoms with Crippen molar-refractivity contribution in [1.82, 2.24) is 25.9 Å². The van der Waals surface area contributed by atoms with Crippen molar-refractivity contribution in [1.29, 1.82) is 0 Å². The molecular weight excluding hydrogens is 722 g/mol. The molecule has 1 rings (SSSR count). The molecule has 0 unspecified atom stereocenters. The van der Waals surface area contributed by atoms with Crippen molar-refractivity contribution >= 4 is 46.7 Å². The normalized spacial score (nSPS) is 13.3. The van der Waals surface area contributed by atoms with Crippen molar-refractivity contribution in [3.63, 3.8) is 0 Å². The number of ketones is 3. The van der Waals surface area contributed by atoms with E-state index in [1.165, 1.54) is 0 Å². The second-order valence-electron chi connectivity index (χ2n) is 14.1. The fourth-order valence-corrected chi connectivity index (χ4v) is 5.94. The number of carbonyl (C=O) groups is 6. The van der Waals surface area contributed by atoms with Crippen LogP contribution in [0.3, 0.4) is 0 Å². The number of rotatable bonds is 33. The van der Waals surface area contributed by atoms with E-state index in [1.54, 1.807) is 0 Å². The molecule has 1 aromatic heterocycles. The molecule has 0 aromatic carbocycles. The van der Waals surface area contributed by atoms with Gasteiger partial charge in [-0.3, -0.25) is 28.8 Å². The maximum Gasteiger partial charge on any atom is 0.274 e. The van der Waals surface area contributed by atoms with Gasteiger partial charge in [0.1, 0.15) is 5.78 Å². The predicted octanol–water partition coefficient (Wildman–Crippen LogP) is -0.970. The van der Waals surface area contributed by atoms with Crippen LogP contribution in [0.25, 0.3) is 0 Å². The third kappa shape index (κ3) is 19.6. The highest BCUT2D eigenvalue weighted by atomic mass is 16.2. The number of nitrogens with zero attached hydrogens (tertiary/aromatic N) is 2. The highest BCUT2D eigenvalue weighted by molar-refractivity contribution is 6.03. The number of amides is 3. The van der Waals surface area contributed by atoms with Crippen LogP contribution in [0.1, 0.15) is 130 Å². The predicted molar refractivity (Wildman–Crippen MR) is 217 cm³/mol. The summed E-state index contributed by atoms with van der Waals surface area (Å²) in [4.78, 5) is 85.9. The van der Waals surface area contributed by atoms with Gasteiger partial charge in [-0.05, 0) is 96.8 Å². The maximum absolute atomic E-state index is 13.4. The number of aromatic nitrogens is 2. The summed E-state index contributed by atoms with van der Waals surface area (Å²) in [5, 5.41) is 8.20. The van der Waals surface area contributed by atoms with Gasteiger partial charge >= 0.3 is 0 Å². The number of anilines is 2. The Bertz CT molecular complexity index is 1280. The van der Waals surface area contributed by atoms with Crippen molar-refractivity contribution < 1.29 is 28.8 Å². The zero-order valence-electron chi connectivity index (χ0n) is 33.0. The second kappa shape index (κ2) is 29.1. The van der Waals surface area contributed by atoms with Crippen LogP contribution in [-0.4, -0.2) is 102 Å². The minimum absolute atomic E-state index is 0.0644. The first-order valence-corrected chi connectivity index (χ1v) is 20.0. The van der Waals surface area contributed by atoms with Crippen molar-refractivity contribution in [2.45, 2.75) is 127 Å². The number of hydrogen-bond donors (Lipinski definition) is 11. The molecule has 0 radical (unpaired) electrons. The van der Waals surface area contributed by atoms with Gasteiger partial charge in [0.15, 0.2) is 34.6 Å². The van der Waals surface area contributed by atoms with Crippen LogP contribution in [-0.2, 0) is 19.2 Å². The lowest BCUT2D eigenvalue weighted by molar-refractivity contribution is -0.125. The molecule has 19 N–H and O–H groups in total. The van der Waals surface area contributed by atoms with E-state index < -0.39 is 35.7 Å². The standard InChI is InChI=1S/C37H69N13O6/c38-17-5-1-11-24(35(54)46-21-9-15-28(51)25(42)12-2-6-18-39)23-30(53)31-33(44)50-32(34(45)49-31)37(56)48-27(14-4-8-20-41)29(52)16-10-22-47-36(55)26(43)13-3-7-19-40/h24-27H,1-23,38-43H2,(H2,44,50)(H2,45,49)(H,46,54)(H,47,55)(H,48,56)/t24-,25+,26+,27+/m1/s1. The molecule has 0 saturated carbocycles. The van der Waals surface area contributed by atoms with Crippen LogP contribution in [0.15, 0.2) is 0 Å². The Hall–Kier alpha value is -4.14. The molecule has 19 nitrogen and oxygen atoms in total. The zero-order chi connectivity index (χ0) is 41.9. The van der Waals surface area contributed by atoms with E-state index >= 15 is 0 Å². The van der Waals surface area contributed by atoms with Crippen molar-refractivity contribution in [3.05, 3.63) is 11.4 Å². The van der Waals surface area contributed by atoms with Crippen LogP contribution >= 0.6 is 0 Å². The summed E-state index contributed by atoms with van der Waals surface area (Å²) >= 11 is 0. The maximum atomic E-state index is 13.4. The Kier molecular flexibility index (Phi) is 26.0. The molecular formula is C37H69N13O6. The van der Waals surface area contributed by atoms with Crippen LogP contribution in [0.4, 0.5) is 11.6 Å². The first kappa shape index (κ1) is 49.9. The van der Waals surface area contributed by atoms with Crippen LogP contribution in [0, 0.1) is 5.92 Å². The van der Waals surface area contributed by atoms with Gasteiger partial charge in [0.2, 0.25) is 11.8 Å². The first-order chi connectivity index (χ1) is 26.8. The lowest BCUT2D eigenvalue weighted by Crippen LogP contribution is -2.43. The minimum Gasteiger partial charge on any atom is -0.382 e. The Morgan fingerprint density at radius 3 is 1.57 bits per heavy atom. The summed E-state index contributed by atoms with van der Waals surface area (Å²) in [6.45, 7) is 2.33. The number of Topliss-reactive ketones (excluding diaryl/α,β-unsaturated/α-hetero) is 3. The fourth-order valence-electron chi connectivity index (χ4n) is 5.94. The van der Waals surface area contributed by atoms with E-state index in [-0.39, 0.29) is 78.8 Å². The third-order valence-corrected chi connectivity index (χ3v) is 9.37. The SMILES string of the molecule is NCCCC[C@H](CC(=O)c1nc(N)c(C(=O)N[C@@H](CCCCN)C(=O)CCCNC(=O)[C@@H](N)CCCCN)nc1N)C(=O)NCCCC(=O)[C@@H](N)CCCCN. The number of nitrogen functional groups attached to an aromatic ring is 2. The molecule has 3 amide bonds. The molecule has 0 aliphatic carbocycles. The zero-order valence-corrected chi connectivity index (χ0v) is 33.0. The Balaban J connectivity index is 2.91. The molecule has 1 heterocycles. The summed E-state index contributed by atoms with van der Waals surface area (Å²) in [5.41, 5.74) is 45.7. The van der Waals surface area contributed by atoms with Gasteiger partial charge < -0.3 is 61.8 Å². The molecule has 0 aliphatic heterocycles. The number of nitrogens with one attached hydrogen (secondary N) is 3. The second-order valence-corrected chi connectivity index (χ2v) is 14.1. The fraction of sp³-hybridized carbons (Fsp3) is 0.730.